The quantitative estimate of drug-likeness (QED) is 0.345. The molecular weight excluding hydrogens is 355 g/mol. The number of carbonyl (C=O) groups excluding carboxylic acids is 1. The molecule has 0 aliphatic heterocycles. The van der Waals surface area contributed by atoms with Gasteiger partial charge in [-0.15, -0.1) is 0 Å². The smallest absolute Gasteiger partial charge is 0.188 e. The molecule has 146 valence electrons. The number of hydrogen-bond donors (Lipinski definition) is 0. The SMILES string of the molecule is CCC(C)(Pc1ccc(C)cc1C(C)=O)c1cc(C)cc(C)c1OCOC. The number of ketones is 1. The minimum absolute atomic E-state index is 0.121. The summed E-state index contributed by atoms with van der Waals surface area (Å²) in [5.74, 6) is 1.02. The molecule has 0 saturated heterocycles. The molecule has 0 spiro atoms. The highest BCUT2D eigenvalue weighted by Crippen LogP contribution is 2.48. The predicted octanol–water partition coefficient (Wildman–Crippen LogP) is 5.43. The second kappa shape index (κ2) is 8.99. The van der Waals surface area contributed by atoms with Gasteiger partial charge in [-0.3, -0.25) is 4.79 Å². The van der Waals surface area contributed by atoms with E-state index in [-0.39, 0.29) is 17.7 Å². The first-order valence-electron chi connectivity index (χ1n) is 9.35. The third-order valence-electron chi connectivity index (χ3n) is 5.01. The first kappa shape index (κ1) is 21.6. The van der Waals surface area contributed by atoms with Crippen LogP contribution in [0.5, 0.6) is 5.75 Å². The van der Waals surface area contributed by atoms with Gasteiger partial charge in [0.05, 0.1) is 0 Å². The highest BCUT2D eigenvalue weighted by atomic mass is 31.1. The molecule has 0 aromatic heterocycles. The molecule has 0 aliphatic carbocycles. The number of aryl methyl sites for hydroxylation is 3. The Morgan fingerprint density at radius 1 is 1.11 bits per heavy atom. The van der Waals surface area contributed by atoms with E-state index >= 15 is 0 Å². The molecule has 0 aliphatic rings. The van der Waals surface area contributed by atoms with Gasteiger partial charge in [0.1, 0.15) is 5.75 Å². The van der Waals surface area contributed by atoms with Crippen molar-refractivity contribution in [1.29, 1.82) is 0 Å². The van der Waals surface area contributed by atoms with Crippen molar-refractivity contribution in [2.75, 3.05) is 13.9 Å². The Bertz CT molecular complexity index is 829. The molecule has 2 aromatic rings. The van der Waals surface area contributed by atoms with Crippen molar-refractivity contribution in [2.24, 2.45) is 0 Å². The van der Waals surface area contributed by atoms with Gasteiger partial charge < -0.3 is 9.47 Å². The van der Waals surface area contributed by atoms with Crippen LogP contribution in [-0.4, -0.2) is 19.7 Å². The summed E-state index contributed by atoms with van der Waals surface area (Å²) in [5, 5.41) is 0.994. The zero-order valence-corrected chi connectivity index (χ0v) is 18.5. The summed E-state index contributed by atoms with van der Waals surface area (Å²) >= 11 is 0. The highest BCUT2D eigenvalue weighted by molar-refractivity contribution is 7.48. The van der Waals surface area contributed by atoms with E-state index in [0.717, 1.165) is 34.2 Å². The summed E-state index contributed by atoms with van der Waals surface area (Å²) in [7, 11) is 2.10. The average molecular weight is 386 g/mol. The summed E-state index contributed by atoms with van der Waals surface area (Å²) in [4.78, 5) is 12.2. The minimum atomic E-state index is -0.126. The zero-order valence-electron chi connectivity index (χ0n) is 17.5. The second-order valence-corrected chi connectivity index (χ2v) is 9.32. The molecule has 0 heterocycles. The summed E-state index contributed by atoms with van der Waals surface area (Å²) < 4.78 is 11.1. The van der Waals surface area contributed by atoms with E-state index in [0.29, 0.717) is 8.58 Å². The van der Waals surface area contributed by atoms with Gasteiger partial charge in [0.15, 0.2) is 12.6 Å². The maximum Gasteiger partial charge on any atom is 0.188 e. The molecule has 27 heavy (non-hydrogen) atoms. The van der Waals surface area contributed by atoms with Crippen molar-refractivity contribution >= 4 is 19.7 Å². The van der Waals surface area contributed by atoms with Gasteiger partial charge in [-0.1, -0.05) is 57.8 Å². The van der Waals surface area contributed by atoms with E-state index in [2.05, 4.69) is 52.0 Å². The van der Waals surface area contributed by atoms with E-state index in [1.807, 2.05) is 13.0 Å². The zero-order chi connectivity index (χ0) is 20.2. The highest BCUT2D eigenvalue weighted by Gasteiger charge is 2.31. The fourth-order valence-corrected chi connectivity index (χ4v) is 5.02. The maximum absolute atomic E-state index is 12.2. The topological polar surface area (TPSA) is 35.5 Å². The summed E-state index contributed by atoms with van der Waals surface area (Å²) in [6.45, 7) is 12.6. The monoisotopic (exact) mass is 386 g/mol. The summed E-state index contributed by atoms with van der Waals surface area (Å²) in [5.41, 5.74) is 5.46. The van der Waals surface area contributed by atoms with Crippen molar-refractivity contribution in [1.82, 2.24) is 0 Å². The maximum atomic E-state index is 12.2. The van der Waals surface area contributed by atoms with Gasteiger partial charge in [0.25, 0.3) is 0 Å². The van der Waals surface area contributed by atoms with Crippen LogP contribution in [0, 0.1) is 20.8 Å². The first-order chi connectivity index (χ1) is 12.7. The van der Waals surface area contributed by atoms with Crippen LogP contribution < -0.4 is 10.0 Å². The van der Waals surface area contributed by atoms with E-state index in [1.165, 1.54) is 11.1 Å². The number of carbonyl (C=O) groups is 1. The molecule has 4 heteroatoms. The fraction of sp³-hybridized carbons (Fsp3) is 0.435. The van der Waals surface area contributed by atoms with Crippen LogP contribution in [-0.2, 0) is 9.89 Å². The predicted molar refractivity (Wildman–Crippen MR) is 115 cm³/mol. The minimum Gasteiger partial charge on any atom is -0.467 e. The van der Waals surface area contributed by atoms with Crippen LogP contribution in [0.15, 0.2) is 30.3 Å². The van der Waals surface area contributed by atoms with E-state index in [9.17, 15) is 4.79 Å². The van der Waals surface area contributed by atoms with Gasteiger partial charge in [-0.25, -0.2) is 0 Å². The first-order valence-corrected chi connectivity index (χ1v) is 10.3. The molecule has 2 atom stereocenters. The summed E-state index contributed by atoms with van der Waals surface area (Å²) in [6, 6.07) is 10.6. The largest absolute Gasteiger partial charge is 0.467 e. The number of hydrogen-bond acceptors (Lipinski definition) is 3. The molecular formula is C23H31O3P. The van der Waals surface area contributed by atoms with Gasteiger partial charge in [-0.05, 0) is 51.1 Å². The molecule has 0 amide bonds. The van der Waals surface area contributed by atoms with Gasteiger partial charge in [0, 0.05) is 23.4 Å². The molecule has 2 unspecified atom stereocenters. The van der Waals surface area contributed by atoms with Gasteiger partial charge >= 0.3 is 0 Å². The Labute approximate surface area is 165 Å². The van der Waals surface area contributed by atoms with Crippen molar-refractivity contribution in [3.05, 3.63) is 58.1 Å². The third kappa shape index (κ3) is 4.97. The molecule has 0 saturated carbocycles. The third-order valence-corrected chi connectivity index (χ3v) is 6.89. The van der Waals surface area contributed by atoms with Crippen molar-refractivity contribution in [3.8, 4) is 5.75 Å². The Kier molecular flexibility index (Phi) is 7.19. The fourth-order valence-electron chi connectivity index (χ4n) is 3.38. The lowest BCUT2D eigenvalue weighted by molar-refractivity contribution is 0.0495. The van der Waals surface area contributed by atoms with E-state index in [4.69, 9.17) is 9.47 Å². The number of benzene rings is 2. The Hall–Kier alpha value is -1.70. The lowest BCUT2D eigenvalue weighted by Crippen LogP contribution is -2.23. The Morgan fingerprint density at radius 3 is 2.41 bits per heavy atom. The van der Waals surface area contributed by atoms with Crippen LogP contribution >= 0.6 is 8.58 Å². The standard InChI is InChI=1S/C23H31O3P/c1-8-23(6,27-21-10-9-15(2)12-19(21)18(5)24)20-13-16(3)11-17(4)22(20)26-14-25-7/h9-13,27H,8,14H2,1-7H3. The van der Waals surface area contributed by atoms with Gasteiger partial charge in [-0.2, -0.15) is 0 Å². The van der Waals surface area contributed by atoms with E-state index in [1.54, 1.807) is 14.0 Å². The van der Waals surface area contributed by atoms with Crippen LogP contribution in [0.3, 0.4) is 0 Å². The molecule has 0 fully saturated rings. The Balaban J connectivity index is 2.57. The molecule has 2 rings (SSSR count). The molecule has 0 N–H and O–H groups in total. The average Bonchev–Trinajstić information content (AvgIpc) is 2.61. The number of ether oxygens (including phenoxy) is 2. The van der Waals surface area contributed by atoms with Crippen molar-refractivity contribution < 1.29 is 14.3 Å². The van der Waals surface area contributed by atoms with Crippen molar-refractivity contribution in [3.63, 3.8) is 0 Å². The summed E-state index contributed by atoms with van der Waals surface area (Å²) in [6.07, 6.45) is 0.947. The molecule has 0 radical (unpaired) electrons. The van der Waals surface area contributed by atoms with Crippen LogP contribution in [0.25, 0.3) is 0 Å². The normalized spacial score (nSPS) is 13.7. The molecule has 0 bridgehead atoms. The number of methoxy groups -OCH3 is 1. The molecule has 2 aromatic carbocycles. The van der Waals surface area contributed by atoms with E-state index < -0.39 is 0 Å². The number of Topliss-reactive ketones (excluding diaryl/α,β-unsaturated/α-hetero) is 1. The Morgan fingerprint density at radius 2 is 1.81 bits per heavy atom. The van der Waals surface area contributed by atoms with Gasteiger partial charge in [0.2, 0.25) is 0 Å². The van der Waals surface area contributed by atoms with Crippen molar-refractivity contribution in [2.45, 2.75) is 53.1 Å². The van der Waals surface area contributed by atoms with Crippen LogP contribution in [0.2, 0.25) is 0 Å². The lowest BCUT2D eigenvalue weighted by Gasteiger charge is -2.32. The molecule has 3 nitrogen and oxygen atoms in total. The van der Waals surface area contributed by atoms with Crippen LogP contribution in [0.4, 0.5) is 0 Å². The number of rotatable bonds is 8. The second-order valence-electron chi connectivity index (χ2n) is 7.43. The lowest BCUT2D eigenvalue weighted by atomic mass is 9.92. The van der Waals surface area contributed by atoms with Crippen LogP contribution in [0.1, 0.15) is 59.8 Å².